The molecule has 1 aliphatic rings. The summed E-state index contributed by atoms with van der Waals surface area (Å²) in [6, 6.07) is 0.856. The Morgan fingerprint density at radius 2 is 1.89 bits per heavy atom. The quantitative estimate of drug-likeness (QED) is 0.591. The second-order valence-electron chi connectivity index (χ2n) is 5.26. The van der Waals surface area contributed by atoms with Crippen LogP contribution >= 0.6 is 11.8 Å². The number of thioether (sulfide) groups is 1. The fourth-order valence-corrected chi connectivity index (χ4v) is 2.90. The molecule has 2 N–H and O–H groups in total. The smallest absolute Gasteiger partial charge is 0.187 e. The van der Waals surface area contributed by atoms with Gasteiger partial charge in [0.25, 0.3) is 0 Å². The highest BCUT2D eigenvalue weighted by Crippen LogP contribution is 2.22. The maximum absolute atomic E-state index is 9.32. The van der Waals surface area contributed by atoms with Crippen molar-refractivity contribution in [2.75, 3.05) is 12.4 Å². The largest absolute Gasteiger partial charge is 0.395 e. The molecular weight excluding hydrogens is 258 g/mol. The molecule has 1 heterocycles. The molecule has 4 nitrogen and oxygen atoms in total. The molecule has 0 amide bonds. The number of nitrogens with zero attached hydrogens (tertiary/aromatic N) is 2. The summed E-state index contributed by atoms with van der Waals surface area (Å²) in [6.07, 6.45) is 3.46. The Balaban J connectivity index is 1.81. The average Bonchev–Trinajstić information content (AvgIpc) is 3.18. The van der Waals surface area contributed by atoms with Gasteiger partial charge in [-0.15, -0.1) is 0 Å². The van der Waals surface area contributed by atoms with E-state index in [0.29, 0.717) is 6.04 Å². The SMILES string of the molecule is Cc1nc(SCCC(CO)NC2CC2)nc(C)c1C. The maximum Gasteiger partial charge on any atom is 0.187 e. The first-order valence-corrected chi connectivity index (χ1v) is 7.90. The summed E-state index contributed by atoms with van der Waals surface area (Å²) >= 11 is 1.68. The van der Waals surface area contributed by atoms with Gasteiger partial charge in [0.05, 0.1) is 6.61 Å². The Labute approximate surface area is 119 Å². The van der Waals surface area contributed by atoms with Gasteiger partial charge in [-0.2, -0.15) is 0 Å². The highest BCUT2D eigenvalue weighted by molar-refractivity contribution is 7.99. The number of aliphatic hydroxyl groups excluding tert-OH is 1. The lowest BCUT2D eigenvalue weighted by Gasteiger charge is -2.15. The summed E-state index contributed by atoms with van der Waals surface area (Å²) in [5.74, 6) is 0.937. The number of aryl methyl sites for hydroxylation is 2. The molecule has 1 aromatic heterocycles. The van der Waals surface area contributed by atoms with E-state index in [1.807, 2.05) is 13.8 Å². The van der Waals surface area contributed by atoms with E-state index in [4.69, 9.17) is 0 Å². The maximum atomic E-state index is 9.32. The zero-order chi connectivity index (χ0) is 13.8. The van der Waals surface area contributed by atoms with Gasteiger partial charge in [-0.05, 0) is 45.6 Å². The highest BCUT2D eigenvalue weighted by atomic mass is 32.2. The van der Waals surface area contributed by atoms with Crippen LogP contribution in [0, 0.1) is 20.8 Å². The zero-order valence-corrected chi connectivity index (χ0v) is 12.8. The molecule has 0 spiro atoms. The molecule has 2 rings (SSSR count). The molecule has 1 unspecified atom stereocenters. The van der Waals surface area contributed by atoms with E-state index >= 15 is 0 Å². The number of hydrogen-bond acceptors (Lipinski definition) is 5. The van der Waals surface area contributed by atoms with Crippen molar-refractivity contribution >= 4 is 11.8 Å². The lowest BCUT2D eigenvalue weighted by Crippen LogP contribution is -2.34. The van der Waals surface area contributed by atoms with E-state index in [2.05, 4.69) is 22.2 Å². The van der Waals surface area contributed by atoms with Crippen LogP contribution in [-0.4, -0.2) is 39.5 Å². The van der Waals surface area contributed by atoms with Crippen molar-refractivity contribution < 1.29 is 5.11 Å². The van der Waals surface area contributed by atoms with Crippen LogP contribution in [0.15, 0.2) is 5.16 Å². The van der Waals surface area contributed by atoms with Gasteiger partial charge < -0.3 is 10.4 Å². The lowest BCUT2D eigenvalue weighted by molar-refractivity contribution is 0.238. The van der Waals surface area contributed by atoms with E-state index in [9.17, 15) is 5.11 Å². The lowest BCUT2D eigenvalue weighted by atomic mass is 10.2. The van der Waals surface area contributed by atoms with Crippen LogP contribution in [0.4, 0.5) is 0 Å². The molecule has 5 heteroatoms. The number of rotatable bonds is 7. The van der Waals surface area contributed by atoms with Gasteiger partial charge in [-0.3, -0.25) is 0 Å². The van der Waals surface area contributed by atoms with Crippen molar-refractivity contribution in [3.8, 4) is 0 Å². The van der Waals surface area contributed by atoms with Crippen LogP contribution in [0.5, 0.6) is 0 Å². The standard InChI is InChI=1S/C14H23N3OS/c1-9-10(2)15-14(16-11(9)3)19-7-6-13(8-18)17-12-4-5-12/h12-13,17-18H,4-8H2,1-3H3. The molecule has 1 fully saturated rings. The molecule has 0 bridgehead atoms. The number of hydrogen-bond donors (Lipinski definition) is 2. The monoisotopic (exact) mass is 281 g/mol. The van der Waals surface area contributed by atoms with E-state index in [1.54, 1.807) is 11.8 Å². The van der Waals surface area contributed by atoms with Crippen molar-refractivity contribution in [3.05, 3.63) is 17.0 Å². The molecule has 1 aliphatic carbocycles. The average molecular weight is 281 g/mol. The van der Waals surface area contributed by atoms with Crippen LogP contribution in [0.1, 0.15) is 36.2 Å². The molecule has 106 valence electrons. The predicted molar refractivity (Wildman–Crippen MR) is 78.6 cm³/mol. The first kappa shape index (κ1) is 14.8. The first-order chi connectivity index (χ1) is 9.10. The minimum absolute atomic E-state index is 0.212. The number of nitrogens with one attached hydrogen (secondary N) is 1. The summed E-state index contributed by atoms with van der Waals surface area (Å²) in [6.45, 7) is 6.32. The van der Waals surface area contributed by atoms with E-state index in [-0.39, 0.29) is 12.6 Å². The predicted octanol–water partition coefficient (Wildman–Crippen LogP) is 2.00. The third-order valence-corrected chi connectivity index (χ3v) is 4.46. The fraction of sp³-hybridized carbons (Fsp3) is 0.714. The Morgan fingerprint density at radius 1 is 1.26 bits per heavy atom. The van der Waals surface area contributed by atoms with E-state index in [0.717, 1.165) is 28.7 Å². The summed E-state index contributed by atoms with van der Waals surface area (Å²) < 4.78 is 0. The molecular formula is C14H23N3OS. The zero-order valence-electron chi connectivity index (χ0n) is 11.9. The van der Waals surface area contributed by atoms with Crippen LogP contribution < -0.4 is 5.32 Å². The molecule has 1 atom stereocenters. The summed E-state index contributed by atoms with van der Waals surface area (Å²) in [5, 5.41) is 13.6. The topological polar surface area (TPSA) is 58.0 Å². The van der Waals surface area contributed by atoms with Gasteiger partial charge >= 0.3 is 0 Å². The van der Waals surface area contributed by atoms with E-state index < -0.39 is 0 Å². The van der Waals surface area contributed by atoms with Crippen LogP contribution in [0.2, 0.25) is 0 Å². The van der Waals surface area contributed by atoms with Gasteiger partial charge in [0, 0.05) is 29.2 Å². The highest BCUT2D eigenvalue weighted by Gasteiger charge is 2.23. The van der Waals surface area contributed by atoms with Gasteiger partial charge in [0.15, 0.2) is 5.16 Å². The molecule has 1 aromatic rings. The molecule has 19 heavy (non-hydrogen) atoms. The normalized spacial score (nSPS) is 16.6. The fourth-order valence-electron chi connectivity index (χ4n) is 1.91. The van der Waals surface area contributed by atoms with Crippen molar-refractivity contribution in [2.24, 2.45) is 0 Å². The third kappa shape index (κ3) is 4.44. The summed E-state index contributed by atoms with van der Waals surface area (Å²) in [4.78, 5) is 9.00. The molecule has 1 saturated carbocycles. The van der Waals surface area contributed by atoms with Crippen molar-refractivity contribution in [3.63, 3.8) is 0 Å². The molecule has 0 radical (unpaired) electrons. The molecule has 0 aliphatic heterocycles. The Kier molecular flexibility index (Phi) is 5.19. The van der Waals surface area contributed by atoms with Crippen molar-refractivity contribution in [1.29, 1.82) is 0 Å². The van der Waals surface area contributed by atoms with Gasteiger partial charge in [0.2, 0.25) is 0 Å². The van der Waals surface area contributed by atoms with Crippen molar-refractivity contribution in [1.82, 2.24) is 15.3 Å². The Hall–Kier alpha value is -0.650. The minimum atomic E-state index is 0.212. The van der Waals surface area contributed by atoms with Gasteiger partial charge in [-0.1, -0.05) is 11.8 Å². The molecule has 0 saturated heterocycles. The third-order valence-electron chi connectivity index (χ3n) is 3.58. The Bertz CT molecular complexity index is 412. The second kappa shape index (κ2) is 6.68. The van der Waals surface area contributed by atoms with Crippen LogP contribution in [-0.2, 0) is 0 Å². The second-order valence-corrected chi connectivity index (χ2v) is 6.32. The first-order valence-electron chi connectivity index (χ1n) is 6.91. The van der Waals surface area contributed by atoms with E-state index in [1.165, 1.54) is 18.4 Å². The van der Waals surface area contributed by atoms with Crippen LogP contribution in [0.25, 0.3) is 0 Å². The number of aromatic nitrogens is 2. The molecule has 0 aromatic carbocycles. The summed E-state index contributed by atoms with van der Waals surface area (Å²) in [7, 11) is 0. The van der Waals surface area contributed by atoms with Gasteiger partial charge in [0.1, 0.15) is 0 Å². The summed E-state index contributed by atoms with van der Waals surface area (Å²) in [5.41, 5.74) is 3.29. The minimum Gasteiger partial charge on any atom is -0.395 e. The van der Waals surface area contributed by atoms with Crippen LogP contribution in [0.3, 0.4) is 0 Å². The Morgan fingerprint density at radius 3 is 2.42 bits per heavy atom. The van der Waals surface area contributed by atoms with Crippen molar-refractivity contribution in [2.45, 2.75) is 57.3 Å². The van der Waals surface area contributed by atoms with Gasteiger partial charge in [-0.25, -0.2) is 9.97 Å². The number of aliphatic hydroxyl groups is 1.